The Labute approximate surface area is 475 Å². The molecule has 0 saturated heterocycles. The summed E-state index contributed by atoms with van der Waals surface area (Å²) in [6.45, 7) is 13.7. The van der Waals surface area contributed by atoms with Gasteiger partial charge in [0.05, 0.1) is 0 Å². The van der Waals surface area contributed by atoms with Crippen molar-refractivity contribution < 1.29 is 19.1 Å². The summed E-state index contributed by atoms with van der Waals surface area (Å²) < 4.78 is 1.57. The molecule has 3 rings (SSSR count). The van der Waals surface area contributed by atoms with Gasteiger partial charge in [-0.15, -0.1) is 0 Å². The minimum atomic E-state index is 1.02. The van der Waals surface area contributed by atoms with Crippen LogP contribution in [0.2, 0.25) is 10.8 Å². The number of aryl methyl sites for hydroxylation is 2. The Kier molecular flexibility index (Phi) is 47.4. The Morgan fingerprint density at radius 2 is 0.547 bits per heavy atom. The van der Waals surface area contributed by atoms with E-state index in [4.69, 9.17) is 0 Å². The summed E-state index contributed by atoms with van der Waals surface area (Å²) in [6.07, 6.45) is 65.9. The summed E-state index contributed by atoms with van der Waals surface area (Å²) in [7, 11) is 0. The molecule has 1 aliphatic rings. The summed E-state index contributed by atoms with van der Waals surface area (Å²) in [4.78, 5) is 0. The van der Waals surface area contributed by atoms with E-state index in [0.29, 0.717) is 0 Å². The minimum Gasteiger partial charge on any atom is -0.493 e. The molecule has 1 heterocycles. The number of rotatable bonds is 52. The van der Waals surface area contributed by atoms with Gasteiger partial charge in [0.15, 0.2) is 0 Å². The van der Waals surface area contributed by atoms with Gasteiger partial charge in [-0.25, -0.2) is 4.70 Å². The van der Waals surface area contributed by atoms with Crippen LogP contribution in [0, 0.1) is 0 Å². The van der Waals surface area contributed by atoms with Gasteiger partial charge in [0.2, 0.25) is 11.4 Å². The normalized spacial score (nSPS) is 12.7. The molecule has 0 aliphatic carbocycles. The van der Waals surface area contributed by atoms with Gasteiger partial charge in [0.25, 0.3) is 0 Å². The summed E-state index contributed by atoms with van der Waals surface area (Å²) in [5.74, 6) is 0. The predicted molar refractivity (Wildman–Crippen MR) is 334 cm³/mol. The Bertz CT molecular complexity index is 1550. The first-order valence-corrected chi connectivity index (χ1v) is 35.0. The molecule has 2 aromatic carbocycles. The number of benzene rings is 2. The maximum absolute atomic E-state index is 12.0. The van der Waals surface area contributed by atoms with E-state index in [2.05, 4.69) is 90.1 Å². The number of nitrogens with zero attached hydrogens (tertiary/aromatic N) is 2. The summed E-state index contributed by atoms with van der Waals surface area (Å²) >= 11 is 2.04. The molecule has 3 heteroatoms. The zero-order valence-electron chi connectivity index (χ0n) is 51.2. The monoisotopic (exact) mass is 1080 g/mol. The smallest absolute Gasteiger partial charge is 0.493 e. The first-order valence-electron chi connectivity index (χ1n) is 33.6. The van der Waals surface area contributed by atoms with Crippen molar-refractivity contribution in [1.82, 2.24) is 0 Å². The van der Waals surface area contributed by atoms with Gasteiger partial charge in [0, 0.05) is 22.3 Å². The van der Waals surface area contributed by atoms with Gasteiger partial charge in [-0.1, -0.05) is 181 Å². The third kappa shape index (κ3) is 35.3. The fourth-order valence-electron chi connectivity index (χ4n) is 11.2. The van der Waals surface area contributed by atoms with Crippen molar-refractivity contribution >= 4 is 11.4 Å². The molecule has 75 heavy (non-hydrogen) atoms. The zero-order chi connectivity index (χ0) is 53.9. The Morgan fingerprint density at radius 3 is 0.827 bits per heavy atom. The quantitative estimate of drug-likeness (QED) is 0.0358. The van der Waals surface area contributed by atoms with E-state index in [0.717, 1.165) is 62.8 Å². The molecule has 0 atom stereocenters. The maximum atomic E-state index is 12.0. The van der Waals surface area contributed by atoms with Crippen molar-refractivity contribution in [1.29, 1.82) is 0 Å². The molecule has 0 radical (unpaired) electrons. The second-order valence-corrected chi connectivity index (χ2v) is 24.8. The Hall–Kier alpha value is -1.99. The summed E-state index contributed by atoms with van der Waals surface area (Å²) in [6, 6.07) is 18.1. The SMILES string of the molecule is CCCCCCCCCCCCCCC[CH2][Ni][CH2]CCCCCCCCCCCCCCC.CCCCCCCCc1cccc(C2=C(CCCC)C(CCCC)=C(c3cccc(CCCCCCCC)c3)[N+]2=[N-])c1. The third-order valence-electron chi connectivity index (χ3n) is 16.1. The van der Waals surface area contributed by atoms with Crippen LogP contribution >= 0.6 is 0 Å². The van der Waals surface area contributed by atoms with Crippen molar-refractivity contribution in [2.24, 2.45) is 0 Å². The molecule has 434 valence electrons. The second-order valence-electron chi connectivity index (χ2n) is 23.3. The van der Waals surface area contributed by atoms with E-state index in [1.165, 1.54) is 301 Å². The number of hydrogen-bond acceptors (Lipinski definition) is 0. The number of unbranched alkanes of at least 4 members (excludes halogenated alkanes) is 38. The molecule has 0 aromatic heterocycles. The molecule has 0 unspecified atom stereocenters. The van der Waals surface area contributed by atoms with Crippen molar-refractivity contribution in [3.8, 4) is 0 Å². The van der Waals surface area contributed by atoms with Gasteiger partial charge in [-0.05, 0) is 86.8 Å². The van der Waals surface area contributed by atoms with Crippen LogP contribution in [0.4, 0.5) is 0 Å². The van der Waals surface area contributed by atoms with Crippen LogP contribution in [0.5, 0.6) is 0 Å². The number of hydrogen-bond donors (Lipinski definition) is 0. The molecule has 0 fully saturated rings. The van der Waals surface area contributed by atoms with E-state index < -0.39 is 0 Å². The van der Waals surface area contributed by atoms with Gasteiger partial charge >= 0.3 is 166 Å². The molecule has 0 N–H and O–H groups in total. The van der Waals surface area contributed by atoms with Gasteiger partial charge in [0.1, 0.15) is 0 Å². The molecule has 2 aromatic rings. The van der Waals surface area contributed by atoms with Gasteiger partial charge in [-0.3, -0.25) is 0 Å². The molecule has 0 saturated carbocycles. The van der Waals surface area contributed by atoms with Crippen LogP contribution in [0.25, 0.3) is 16.9 Å². The predicted octanol–water partition coefficient (Wildman–Crippen LogP) is 25.9. The summed E-state index contributed by atoms with van der Waals surface area (Å²) in [5, 5.41) is 2.87. The average molecular weight is 1080 g/mol. The van der Waals surface area contributed by atoms with Crippen LogP contribution in [0.1, 0.15) is 359 Å². The molecule has 1 aliphatic heterocycles. The molecular formula is C72H126N2Ni. The molecular weight excluding hydrogens is 951 g/mol. The van der Waals surface area contributed by atoms with E-state index in [-0.39, 0.29) is 0 Å². The molecule has 0 spiro atoms. The van der Waals surface area contributed by atoms with Crippen LogP contribution in [0.3, 0.4) is 0 Å². The Morgan fingerprint density at radius 1 is 0.293 bits per heavy atom. The first kappa shape index (κ1) is 69.1. The van der Waals surface area contributed by atoms with Crippen LogP contribution in [-0.2, 0) is 27.3 Å². The molecule has 0 bridgehead atoms. The Balaban J connectivity index is 0.000000531. The van der Waals surface area contributed by atoms with Crippen LogP contribution < -0.4 is 0 Å². The van der Waals surface area contributed by atoms with Gasteiger partial charge in [-0.2, -0.15) is 0 Å². The fourth-order valence-corrected chi connectivity index (χ4v) is 12.5. The van der Waals surface area contributed by atoms with Crippen molar-refractivity contribution in [2.75, 3.05) is 0 Å². The van der Waals surface area contributed by atoms with Gasteiger partial charge < -0.3 is 5.53 Å². The van der Waals surface area contributed by atoms with E-state index in [1.54, 1.807) is 4.70 Å². The average Bonchev–Trinajstić information content (AvgIpc) is 3.71. The molecule has 2 nitrogen and oxygen atoms in total. The van der Waals surface area contributed by atoms with E-state index in [9.17, 15) is 5.53 Å². The first-order chi connectivity index (χ1) is 37.1. The third-order valence-corrected chi connectivity index (χ3v) is 17.5. The number of allylic oxidation sites excluding steroid dienone is 2. The topological polar surface area (TPSA) is 25.3 Å². The standard InChI is InChI=1S/C40H60N2.2C16H33.Ni/c1-5-9-13-15-17-19-23-33-25-21-27-35(31-33)39-37(29-11-7-3)38(30-12-8-4)40(42(39)41)36-28-22-26-34(32-36)24-20-18-16-14-10-6-2;2*1-3-5-7-9-11-13-15-16-14-12-10-8-6-4-2;/h21-22,25-28,31-32H,5-20,23-24,29-30H2,1-4H3;2*1,3-16H2,2H3;. The van der Waals surface area contributed by atoms with Crippen LogP contribution in [-0.4, -0.2) is 4.70 Å². The minimum absolute atomic E-state index is 1.02. The summed E-state index contributed by atoms with van der Waals surface area (Å²) in [5.41, 5.74) is 21.9. The van der Waals surface area contributed by atoms with Crippen molar-refractivity contribution in [3.63, 3.8) is 0 Å². The molecule has 0 amide bonds. The van der Waals surface area contributed by atoms with Crippen molar-refractivity contribution in [3.05, 3.63) is 87.5 Å². The second kappa shape index (κ2) is 51.5. The van der Waals surface area contributed by atoms with Crippen LogP contribution in [0.15, 0.2) is 59.7 Å². The fraction of sp³-hybridized carbons (Fsp3) is 0.778. The zero-order valence-corrected chi connectivity index (χ0v) is 52.2. The van der Waals surface area contributed by atoms with E-state index in [1.807, 2.05) is 14.4 Å². The van der Waals surface area contributed by atoms with E-state index >= 15 is 0 Å². The van der Waals surface area contributed by atoms with Crippen molar-refractivity contribution in [2.45, 2.75) is 361 Å².